The maximum absolute atomic E-state index is 11.6. The van der Waals surface area contributed by atoms with E-state index in [0.29, 0.717) is 22.8 Å². The van der Waals surface area contributed by atoms with Crippen LogP contribution in [-0.4, -0.2) is 5.97 Å². The number of benzene rings is 2. The van der Waals surface area contributed by atoms with Gasteiger partial charge in [0.2, 0.25) is 0 Å². The number of carbonyl (C=O) groups excluding carboxylic acids is 1. The number of ether oxygens (including phenoxy) is 2. The molecule has 2 aromatic carbocycles. The molecular weight excluding hydrogens is 336 g/mol. The van der Waals surface area contributed by atoms with Gasteiger partial charge < -0.3 is 9.47 Å². The van der Waals surface area contributed by atoms with Gasteiger partial charge in [0.25, 0.3) is 0 Å². The number of carbonyl (C=O) groups is 1. The Morgan fingerprint density at radius 2 is 1.52 bits per heavy atom. The second-order valence-corrected chi connectivity index (χ2v) is 6.86. The summed E-state index contributed by atoms with van der Waals surface area (Å²) in [6.45, 7) is 15.1. The Hall–Kier alpha value is -2.81. The van der Waals surface area contributed by atoms with E-state index in [1.165, 1.54) is 22.3 Å². The van der Waals surface area contributed by atoms with Gasteiger partial charge in [-0.1, -0.05) is 37.8 Å². The molecule has 2 aromatic rings. The zero-order valence-corrected chi connectivity index (χ0v) is 17.1. The molecule has 2 rings (SSSR count). The highest BCUT2D eigenvalue weighted by Crippen LogP contribution is 2.30. The average molecular weight is 364 g/mol. The minimum absolute atomic E-state index is 0.354. The molecule has 0 spiro atoms. The monoisotopic (exact) mass is 364 g/mol. The lowest BCUT2D eigenvalue weighted by Gasteiger charge is -2.14. The molecule has 0 aromatic heterocycles. The molecule has 0 saturated carbocycles. The molecule has 0 aliphatic carbocycles. The quantitative estimate of drug-likeness (QED) is 0.344. The number of esters is 1. The summed E-state index contributed by atoms with van der Waals surface area (Å²) in [7, 11) is 0. The Morgan fingerprint density at radius 1 is 0.926 bits per heavy atom. The molecule has 0 bridgehead atoms. The van der Waals surface area contributed by atoms with Crippen LogP contribution in [0.25, 0.3) is 11.1 Å². The molecule has 0 amide bonds. The molecule has 0 N–H and O–H groups in total. The van der Waals surface area contributed by atoms with E-state index in [0.717, 1.165) is 12.0 Å². The van der Waals surface area contributed by atoms with Crippen LogP contribution in [0.5, 0.6) is 5.75 Å². The highest BCUT2D eigenvalue weighted by Gasteiger charge is 2.11. The Bertz CT molecular complexity index is 904. The Kier molecular flexibility index (Phi) is 6.62. The van der Waals surface area contributed by atoms with Crippen LogP contribution >= 0.6 is 0 Å². The van der Waals surface area contributed by atoms with Gasteiger partial charge in [-0.2, -0.15) is 0 Å². The van der Waals surface area contributed by atoms with Crippen molar-refractivity contribution in [2.45, 2.75) is 48.0 Å². The first kappa shape index (κ1) is 20.5. The average Bonchev–Trinajstić information content (AvgIpc) is 2.62. The summed E-state index contributed by atoms with van der Waals surface area (Å²) in [6.07, 6.45) is 1.04. The molecule has 0 fully saturated rings. The van der Waals surface area contributed by atoms with E-state index in [9.17, 15) is 4.79 Å². The topological polar surface area (TPSA) is 35.5 Å². The van der Waals surface area contributed by atoms with Crippen LogP contribution in [-0.2, 0) is 16.0 Å². The normalized spacial score (nSPS) is 11.6. The van der Waals surface area contributed by atoms with Gasteiger partial charge in [0.15, 0.2) is 0 Å². The number of hydrogen-bond donors (Lipinski definition) is 0. The first-order valence-corrected chi connectivity index (χ1v) is 9.16. The van der Waals surface area contributed by atoms with Gasteiger partial charge in [0, 0.05) is 5.57 Å². The van der Waals surface area contributed by atoms with Crippen molar-refractivity contribution in [1.82, 2.24) is 0 Å². The smallest absolute Gasteiger partial charge is 0.338 e. The first-order valence-electron chi connectivity index (χ1n) is 9.16. The van der Waals surface area contributed by atoms with Crippen molar-refractivity contribution in [1.29, 1.82) is 0 Å². The lowest BCUT2D eigenvalue weighted by molar-refractivity contribution is -0.135. The fourth-order valence-electron chi connectivity index (χ4n) is 2.80. The van der Waals surface area contributed by atoms with E-state index in [2.05, 4.69) is 51.6 Å². The standard InChI is InChI=1S/C24H28O3/c1-8-20-9-11-22(16(4)13-20)23-12-10-21(14-17(23)5)26-18(6)19(7)27-24(25)15(2)3/h9-14H,2,8H2,1,3-7H3/b19-18+. The van der Waals surface area contributed by atoms with Gasteiger partial charge >= 0.3 is 5.97 Å². The number of allylic oxidation sites excluding steroid dienone is 2. The molecule has 0 aliphatic heterocycles. The van der Waals surface area contributed by atoms with Crippen LogP contribution in [0.2, 0.25) is 0 Å². The van der Waals surface area contributed by atoms with Crippen LogP contribution in [0.4, 0.5) is 0 Å². The molecule has 0 unspecified atom stereocenters. The molecular formula is C24H28O3. The molecule has 0 heterocycles. The van der Waals surface area contributed by atoms with Crippen LogP contribution in [0.1, 0.15) is 44.4 Å². The number of aryl methyl sites for hydroxylation is 3. The second-order valence-electron chi connectivity index (χ2n) is 6.86. The van der Waals surface area contributed by atoms with E-state index >= 15 is 0 Å². The predicted octanol–water partition coefficient (Wildman–Crippen LogP) is 6.28. The van der Waals surface area contributed by atoms with Crippen molar-refractivity contribution in [3.8, 4) is 16.9 Å². The zero-order valence-electron chi connectivity index (χ0n) is 17.1. The maximum Gasteiger partial charge on any atom is 0.338 e. The summed E-state index contributed by atoms with van der Waals surface area (Å²) in [4.78, 5) is 11.6. The fourth-order valence-corrected chi connectivity index (χ4v) is 2.80. The summed E-state index contributed by atoms with van der Waals surface area (Å²) in [5.74, 6) is 1.23. The van der Waals surface area contributed by atoms with Crippen molar-refractivity contribution in [3.05, 3.63) is 76.8 Å². The van der Waals surface area contributed by atoms with Crippen LogP contribution in [0.15, 0.2) is 60.1 Å². The minimum atomic E-state index is -0.451. The van der Waals surface area contributed by atoms with Gasteiger partial charge in [-0.3, -0.25) is 0 Å². The third-order valence-electron chi connectivity index (χ3n) is 4.55. The van der Waals surface area contributed by atoms with Crippen molar-refractivity contribution >= 4 is 5.97 Å². The van der Waals surface area contributed by atoms with Gasteiger partial charge in [-0.15, -0.1) is 0 Å². The molecule has 0 radical (unpaired) electrons. The summed E-state index contributed by atoms with van der Waals surface area (Å²) >= 11 is 0. The van der Waals surface area contributed by atoms with E-state index in [-0.39, 0.29) is 0 Å². The molecule has 142 valence electrons. The number of hydrogen-bond acceptors (Lipinski definition) is 3. The highest BCUT2D eigenvalue weighted by molar-refractivity contribution is 5.87. The zero-order chi connectivity index (χ0) is 20.1. The van der Waals surface area contributed by atoms with Gasteiger partial charge in [0.1, 0.15) is 17.3 Å². The second kappa shape index (κ2) is 8.72. The van der Waals surface area contributed by atoms with E-state index in [1.807, 2.05) is 12.1 Å². The molecule has 0 aliphatic rings. The largest absolute Gasteiger partial charge is 0.459 e. The SMILES string of the molecule is C=C(C)C(=O)O/C(C)=C(\C)Oc1ccc(-c2ccc(CC)cc2C)c(C)c1. The third kappa shape index (κ3) is 5.10. The summed E-state index contributed by atoms with van der Waals surface area (Å²) < 4.78 is 11.1. The van der Waals surface area contributed by atoms with Crippen LogP contribution in [0.3, 0.4) is 0 Å². The highest BCUT2D eigenvalue weighted by atomic mass is 16.6. The van der Waals surface area contributed by atoms with Crippen molar-refractivity contribution < 1.29 is 14.3 Å². The van der Waals surface area contributed by atoms with E-state index in [4.69, 9.17) is 9.47 Å². The molecule has 0 atom stereocenters. The fraction of sp³-hybridized carbons (Fsp3) is 0.292. The van der Waals surface area contributed by atoms with Crippen LogP contribution in [0, 0.1) is 13.8 Å². The minimum Gasteiger partial charge on any atom is -0.459 e. The lowest BCUT2D eigenvalue weighted by atomic mass is 9.94. The predicted molar refractivity (Wildman–Crippen MR) is 111 cm³/mol. The van der Waals surface area contributed by atoms with E-state index in [1.54, 1.807) is 20.8 Å². The lowest BCUT2D eigenvalue weighted by Crippen LogP contribution is -2.06. The van der Waals surface area contributed by atoms with Gasteiger partial charge in [-0.25, -0.2) is 4.79 Å². The summed E-state index contributed by atoms with van der Waals surface area (Å²) in [6, 6.07) is 12.6. The van der Waals surface area contributed by atoms with Gasteiger partial charge in [-0.05, 0) is 81.0 Å². The van der Waals surface area contributed by atoms with E-state index < -0.39 is 5.97 Å². The van der Waals surface area contributed by atoms with Gasteiger partial charge in [0.05, 0.1) is 0 Å². The summed E-state index contributed by atoms with van der Waals surface area (Å²) in [5.41, 5.74) is 6.51. The summed E-state index contributed by atoms with van der Waals surface area (Å²) in [5, 5.41) is 0. The Labute approximate surface area is 162 Å². The molecule has 3 nitrogen and oxygen atoms in total. The molecule has 27 heavy (non-hydrogen) atoms. The van der Waals surface area contributed by atoms with Crippen molar-refractivity contribution in [2.24, 2.45) is 0 Å². The number of rotatable bonds is 6. The third-order valence-corrected chi connectivity index (χ3v) is 4.55. The van der Waals surface area contributed by atoms with Crippen molar-refractivity contribution in [2.75, 3.05) is 0 Å². The van der Waals surface area contributed by atoms with Crippen molar-refractivity contribution in [3.63, 3.8) is 0 Å². The Morgan fingerprint density at radius 3 is 2.04 bits per heavy atom. The first-order chi connectivity index (χ1) is 12.7. The Balaban J connectivity index is 2.24. The maximum atomic E-state index is 11.6. The van der Waals surface area contributed by atoms with Crippen LogP contribution < -0.4 is 4.74 Å². The molecule has 0 saturated heterocycles. The molecule has 3 heteroatoms.